The number of carbonyl (C=O) groups is 2. The van der Waals surface area contributed by atoms with Gasteiger partial charge in [0.25, 0.3) is 5.91 Å². The molecule has 1 heterocycles. The molecule has 2 rings (SSSR count). The van der Waals surface area contributed by atoms with Crippen molar-refractivity contribution in [1.82, 2.24) is 9.62 Å². The van der Waals surface area contributed by atoms with E-state index < -0.39 is 27.9 Å². The summed E-state index contributed by atoms with van der Waals surface area (Å²) in [5, 5.41) is 11.7. The number of hydrogen-bond acceptors (Lipinski definition) is 5. The Kier molecular flexibility index (Phi) is 8.12. The highest BCUT2D eigenvalue weighted by Crippen LogP contribution is 2.21. The van der Waals surface area contributed by atoms with E-state index in [1.165, 1.54) is 40.3 Å². The van der Waals surface area contributed by atoms with Gasteiger partial charge in [-0.25, -0.2) is 13.2 Å². The Bertz CT molecular complexity index is 759. The number of carboxylic acids is 1. The van der Waals surface area contributed by atoms with Crippen molar-refractivity contribution >= 4 is 33.7 Å². The van der Waals surface area contributed by atoms with Gasteiger partial charge in [0.05, 0.1) is 4.90 Å². The molecule has 0 saturated carbocycles. The zero-order chi connectivity index (χ0) is 19.9. The van der Waals surface area contributed by atoms with Crippen molar-refractivity contribution in [3.63, 3.8) is 0 Å². The van der Waals surface area contributed by atoms with Gasteiger partial charge in [-0.1, -0.05) is 18.9 Å². The van der Waals surface area contributed by atoms with Crippen molar-refractivity contribution in [2.24, 2.45) is 0 Å². The quantitative estimate of drug-likeness (QED) is 0.676. The Morgan fingerprint density at radius 2 is 1.89 bits per heavy atom. The van der Waals surface area contributed by atoms with Gasteiger partial charge in [0, 0.05) is 18.7 Å². The molecule has 1 saturated heterocycles. The average Bonchev–Trinajstić information content (AvgIpc) is 2.95. The van der Waals surface area contributed by atoms with E-state index in [4.69, 9.17) is 0 Å². The highest BCUT2D eigenvalue weighted by Gasteiger charge is 2.26. The molecule has 2 N–H and O–H groups in total. The van der Waals surface area contributed by atoms with Crippen molar-refractivity contribution in [3.8, 4) is 0 Å². The van der Waals surface area contributed by atoms with Crippen LogP contribution in [0, 0.1) is 0 Å². The van der Waals surface area contributed by atoms with E-state index >= 15 is 0 Å². The summed E-state index contributed by atoms with van der Waals surface area (Å²) in [7, 11) is -3.67. The number of carboxylic acid groups (broad SMARTS) is 1. The second-order valence-electron chi connectivity index (χ2n) is 6.49. The van der Waals surface area contributed by atoms with Crippen LogP contribution in [0.15, 0.2) is 29.2 Å². The predicted molar refractivity (Wildman–Crippen MR) is 106 cm³/mol. The lowest BCUT2D eigenvalue weighted by Crippen LogP contribution is -2.41. The molecule has 1 atom stereocenters. The molecule has 7 nitrogen and oxygen atoms in total. The maximum absolute atomic E-state index is 12.9. The minimum absolute atomic E-state index is 0.0630. The van der Waals surface area contributed by atoms with E-state index in [-0.39, 0.29) is 10.5 Å². The fourth-order valence-electron chi connectivity index (χ4n) is 2.96. The van der Waals surface area contributed by atoms with Crippen LogP contribution in [0.5, 0.6) is 0 Å². The summed E-state index contributed by atoms with van der Waals surface area (Å²) in [5.41, 5.74) is 0.140. The van der Waals surface area contributed by atoms with E-state index in [0.717, 1.165) is 25.7 Å². The smallest absolute Gasteiger partial charge is 0.326 e. The second kappa shape index (κ2) is 10.1. The number of carbonyl (C=O) groups excluding carboxylic acids is 1. The van der Waals surface area contributed by atoms with Gasteiger partial charge in [0.15, 0.2) is 0 Å². The van der Waals surface area contributed by atoms with E-state index in [0.29, 0.717) is 25.3 Å². The summed E-state index contributed by atoms with van der Waals surface area (Å²) < 4.78 is 27.2. The summed E-state index contributed by atoms with van der Waals surface area (Å²) in [4.78, 5) is 23.8. The van der Waals surface area contributed by atoms with Crippen LogP contribution < -0.4 is 5.32 Å². The standard InChI is InChI=1S/C18H26N2O5S2/c1-26-12-9-16(18(22)23)19-17(21)14-7-6-8-15(13-14)27(24,25)20-10-4-2-3-5-11-20/h6-8,13,16H,2-5,9-12H2,1H3,(H,19,21)(H,22,23). The van der Waals surface area contributed by atoms with Crippen molar-refractivity contribution in [2.45, 2.75) is 43.0 Å². The number of rotatable bonds is 8. The van der Waals surface area contributed by atoms with E-state index in [1.807, 2.05) is 6.26 Å². The van der Waals surface area contributed by atoms with Gasteiger partial charge in [-0.15, -0.1) is 0 Å². The fourth-order valence-corrected chi connectivity index (χ4v) is 5.00. The second-order valence-corrected chi connectivity index (χ2v) is 9.42. The van der Waals surface area contributed by atoms with Crippen LogP contribution in [0.4, 0.5) is 0 Å². The summed E-state index contributed by atoms with van der Waals surface area (Å²) in [6.45, 7) is 0.961. The Morgan fingerprint density at radius 3 is 2.48 bits per heavy atom. The molecule has 27 heavy (non-hydrogen) atoms. The lowest BCUT2D eigenvalue weighted by Gasteiger charge is -2.20. The molecule has 0 bridgehead atoms. The first-order chi connectivity index (χ1) is 12.9. The summed E-state index contributed by atoms with van der Waals surface area (Å²) >= 11 is 1.49. The average molecular weight is 415 g/mol. The number of nitrogens with one attached hydrogen (secondary N) is 1. The minimum atomic E-state index is -3.67. The highest BCUT2D eigenvalue weighted by atomic mass is 32.2. The molecule has 150 valence electrons. The van der Waals surface area contributed by atoms with Crippen LogP contribution in [0.2, 0.25) is 0 Å². The third-order valence-corrected chi connectivity index (χ3v) is 7.05. The van der Waals surface area contributed by atoms with Crippen molar-refractivity contribution in [2.75, 3.05) is 25.1 Å². The van der Waals surface area contributed by atoms with E-state index in [9.17, 15) is 23.1 Å². The Morgan fingerprint density at radius 1 is 1.22 bits per heavy atom. The number of thioether (sulfide) groups is 1. The van der Waals surface area contributed by atoms with E-state index in [1.54, 1.807) is 0 Å². The van der Waals surface area contributed by atoms with Crippen LogP contribution in [0.25, 0.3) is 0 Å². The molecule has 1 aromatic rings. The molecule has 0 spiro atoms. The molecule has 1 amide bonds. The molecule has 0 radical (unpaired) electrons. The molecule has 1 aliphatic heterocycles. The molecule has 1 unspecified atom stereocenters. The molecular formula is C18H26N2O5S2. The number of benzene rings is 1. The van der Waals surface area contributed by atoms with Gasteiger partial charge in [-0.2, -0.15) is 16.1 Å². The Hall–Kier alpha value is -1.58. The first-order valence-electron chi connectivity index (χ1n) is 8.99. The largest absolute Gasteiger partial charge is 0.480 e. The maximum atomic E-state index is 12.9. The monoisotopic (exact) mass is 414 g/mol. The van der Waals surface area contributed by atoms with Crippen LogP contribution in [0.1, 0.15) is 42.5 Å². The number of nitrogens with zero attached hydrogens (tertiary/aromatic N) is 1. The van der Waals surface area contributed by atoms with Gasteiger partial charge >= 0.3 is 5.97 Å². The number of aliphatic carboxylic acids is 1. The van der Waals surface area contributed by atoms with Crippen molar-refractivity contribution in [1.29, 1.82) is 0 Å². The minimum Gasteiger partial charge on any atom is -0.480 e. The van der Waals surface area contributed by atoms with Gasteiger partial charge in [-0.05, 0) is 49.5 Å². The predicted octanol–water partition coefficient (Wildman–Crippen LogP) is 2.19. The summed E-state index contributed by atoms with van der Waals surface area (Å²) in [6.07, 6.45) is 5.85. The van der Waals surface area contributed by atoms with Gasteiger partial charge in [-0.3, -0.25) is 4.79 Å². The van der Waals surface area contributed by atoms with Gasteiger partial charge in [0.2, 0.25) is 10.0 Å². The van der Waals surface area contributed by atoms with Crippen molar-refractivity contribution < 1.29 is 23.1 Å². The normalized spacial score (nSPS) is 17.1. The summed E-state index contributed by atoms with van der Waals surface area (Å²) in [5.74, 6) is -1.09. The third-order valence-electron chi connectivity index (χ3n) is 4.51. The Labute approximate surface area is 164 Å². The summed E-state index contributed by atoms with van der Waals surface area (Å²) in [6, 6.07) is 4.79. The fraction of sp³-hybridized carbons (Fsp3) is 0.556. The van der Waals surface area contributed by atoms with Crippen molar-refractivity contribution in [3.05, 3.63) is 29.8 Å². The van der Waals surface area contributed by atoms with Crippen LogP contribution in [0.3, 0.4) is 0 Å². The molecule has 1 aromatic carbocycles. The number of hydrogen-bond donors (Lipinski definition) is 2. The van der Waals surface area contributed by atoms with Crippen LogP contribution in [-0.4, -0.2) is 60.8 Å². The topological polar surface area (TPSA) is 104 Å². The third kappa shape index (κ3) is 5.95. The number of sulfonamides is 1. The van der Waals surface area contributed by atoms with Gasteiger partial charge in [0.1, 0.15) is 6.04 Å². The molecule has 9 heteroatoms. The SMILES string of the molecule is CSCCC(NC(=O)c1cccc(S(=O)(=O)N2CCCCCC2)c1)C(=O)O. The molecule has 1 aliphatic rings. The molecule has 1 fully saturated rings. The zero-order valence-electron chi connectivity index (χ0n) is 15.4. The van der Waals surface area contributed by atoms with Gasteiger partial charge < -0.3 is 10.4 Å². The molecule has 0 aliphatic carbocycles. The first-order valence-corrected chi connectivity index (χ1v) is 11.8. The Balaban J connectivity index is 2.18. The van der Waals surface area contributed by atoms with Crippen LogP contribution >= 0.6 is 11.8 Å². The number of amides is 1. The lowest BCUT2D eigenvalue weighted by molar-refractivity contribution is -0.139. The molecular weight excluding hydrogens is 388 g/mol. The van der Waals surface area contributed by atoms with E-state index in [2.05, 4.69) is 5.32 Å². The lowest BCUT2D eigenvalue weighted by atomic mass is 10.1. The highest BCUT2D eigenvalue weighted by molar-refractivity contribution is 7.98. The zero-order valence-corrected chi connectivity index (χ0v) is 17.0. The maximum Gasteiger partial charge on any atom is 0.326 e. The first kappa shape index (κ1) is 21.7. The molecule has 0 aromatic heterocycles. The van der Waals surface area contributed by atoms with Crippen LogP contribution in [-0.2, 0) is 14.8 Å².